The molecule has 24 heavy (non-hydrogen) atoms. The first-order valence-electron chi connectivity index (χ1n) is 7.26. The van der Waals surface area contributed by atoms with Crippen molar-refractivity contribution < 1.29 is 17.6 Å². The molecule has 0 bridgehead atoms. The fraction of sp³-hybridized carbons (Fsp3) is 0.188. The third-order valence-corrected chi connectivity index (χ3v) is 3.76. The van der Waals surface area contributed by atoms with Crippen molar-refractivity contribution in [2.45, 2.75) is 18.9 Å². The van der Waals surface area contributed by atoms with Crippen LogP contribution in [0.1, 0.15) is 12.8 Å². The van der Waals surface area contributed by atoms with Gasteiger partial charge >= 0.3 is 0 Å². The van der Waals surface area contributed by atoms with E-state index < -0.39 is 34.5 Å². The molecular formula is C16H10F4N4. The van der Waals surface area contributed by atoms with Gasteiger partial charge in [0.2, 0.25) is 5.95 Å². The van der Waals surface area contributed by atoms with Crippen molar-refractivity contribution in [1.82, 2.24) is 15.0 Å². The number of aromatic nitrogens is 3. The Bertz CT molecular complexity index is 933. The van der Waals surface area contributed by atoms with Crippen LogP contribution in [0.5, 0.6) is 0 Å². The molecule has 0 saturated heterocycles. The normalized spacial score (nSPS) is 14.2. The molecule has 1 aromatic carbocycles. The number of hydrogen-bond donors (Lipinski definition) is 1. The Balaban J connectivity index is 2.06. The molecule has 0 unspecified atom stereocenters. The topological polar surface area (TPSA) is 50.7 Å². The second-order valence-corrected chi connectivity index (χ2v) is 5.54. The molecule has 0 radical (unpaired) electrons. The number of rotatable bonds is 3. The Morgan fingerprint density at radius 2 is 1.58 bits per heavy atom. The van der Waals surface area contributed by atoms with E-state index in [0.29, 0.717) is 12.1 Å². The lowest BCUT2D eigenvalue weighted by Crippen LogP contribution is -2.09. The van der Waals surface area contributed by atoms with Crippen LogP contribution in [0, 0.1) is 23.4 Å². The summed E-state index contributed by atoms with van der Waals surface area (Å²) in [5.41, 5.74) is -0.770. The third kappa shape index (κ3) is 2.44. The first-order valence-corrected chi connectivity index (χ1v) is 7.26. The van der Waals surface area contributed by atoms with Gasteiger partial charge in [0, 0.05) is 30.6 Å². The van der Waals surface area contributed by atoms with Crippen LogP contribution < -0.4 is 5.32 Å². The molecular weight excluding hydrogens is 324 g/mol. The van der Waals surface area contributed by atoms with Gasteiger partial charge in [-0.3, -0.25) is 0 Å². The summed E-state index contributed by atoms with van der Waals surface area (Å²) in [5.74, 6) is -4.61. The molecule has 1 aliphatic rings. The third-order valence-electron chi connectivity index (χ3n) is 3.76. The molecule has 1 fully saturated rings. The summed E-state index contributed by atoms with van der Waals surface area (Å²) in [4.78, 5) is 11.7. The molecule has 8 heteroatoms. The minimum Gasteiger partial charge on any atom is -0.380 e. The Morgan fingerprint density at radius 1 is 0.917 bits per heavy atom. The number of nitrogens with one attached hydrogen (secondary N) is 1. The molecule has 4 nitrogen and oxygen atoms in total. The summed E-state index contributed by atoms with van der Waals surface area (Å²) >= 11 is 0. The number of pyridine rings is 1. The van der Waals surface area contributed by atoms with E-state index in [4.69, 9.17) is 0 Å². The molecule has 2 aromatic heterocycles. The molecule has 0 amide bonds. The molecule has 4 rings (SSSR count). The van der Waals surface area contributed by atoms with Gasteiger partial charge < -0.3 is 5.32 Å². The highest BCUT2D eigenvalue weighted by atomic mass is 19.1. The summed E-state index contributed by atoms with van der Waals surface area (Å²) in [7, 11) is 0. The summed E-state index contributed by atoms with van der Waals surface area (Å²) in [5, 5.41) is 3.03. The van der Waals surface area contributed by atoms with Crippen LogP contribution in [-0.4, -0.2) is 21.0 Å². The number of anilines is 1. The van der Waals surface area contributed by atoms with E-state index in [1.807, 2.05) is 0 Å². The Labute approximate surface area is 133 Å². The molecule has 0 spiro atoms. The Morgan fingerprint density at radius 3 is 2.25 bits per heavy atom. The van der Waals surface area contributed by atoms with Crippen LogP contribution in [0.2, 0.25) is 0 Å². The predicted molar refractivity (Wildman–Crippen MR) is 79.2 cm³/mol. The van der Waals surface area contributed by atoms with Gasteiger partial charge in [-0.15, -0.1) is 0 Å². The minimum atomic E-state index is -1.21. The van der Waals surface area contributed by atoms with Crippen molar-refractivity contribution in [2.75, 3.05) is 5.32 Å². The highest BCUT2D eigenvalue weighted by molar-refractivity contribution is 5.95. The largest absolute Gasteiger partial charge is 0.380 e. The maximum absolute atomic E-state index is 14.6. The van der Waals surface area contributed by atoms with Crippen LogP contribution in [0.15, 0.2) is 24.5 Å². The van der Waals surface area contributed by atoms with E-state index in [9.17, 15) is 17.6 Å². The first kappa shape index (κ1) is 14.8. The summed E-state index contributed by atoms with van der Waals surface area (Å²) < 4.78 is 56.1. The predicted octanol–water partition coefficient (Wildman–Crippen LogP) is 3.82. The van der Waals surface area contributed by atoms with Crippen molar-refractivity contribution in [3.05, 3.63) is 47.9 Å². The van der Waals surface area contributed by atoms with Gasteiger partial charge in [0.15, 0.2) is 5.65 Å². The van der Waals surface area contributed by atoms with Gasteiger partial charge in [0.1, 0.15) is 23.0 Å². The molecule has 1 N–H and O–H groups in total. The average Bonchev–Trinajstić information content (AvgIpc) is 3.33. The van der Waals surface area contributed by atoms with Crippen LogP contribution in [0.25, 0.3) is 22.3 Å². The molecule has 0 aliphatic heterocycles. The lowest BCUT2D eigenvalue weighted by molar-refractivity contribution is 0.542. The minimum absolute atomic E-state index is 0.0184. The van der Waals surface area contributed by atoms with Gasteiger partial charge in [-0.1, -0.05) is 0 Å². The number of halogens is 4. The van der Waals surface area contributed by atoms with Crippen LogP contribution >= 0.6 is 0 Å². The molecule has 0 atom stereocenters. The van der Waals surface area contributed by atoms with Crippen molar-refractivity contribution in [2.24, 2.45) is 0 Å². The lowest BCUT2D eigenvalue weighted by atomic mass is 10.0. The van der Waals surface area contributed by atoms with Gasteiger partial charge in [0.25, 0.3) is 0 Å². The molecule has 122 valence electrons. The quantitative estimate of drug-likeness (QED) is 0.584. The van der Waals surface area contributed by atoms with Crippen LogP contribution in [-0.2, 0) is 0 Å². The smallest absolute Gasteiger partial charge is 0.225 e. The number of fused-ring (bicyclic) bond motifs is 1. The van der Waals surface area contributed by atoms with Crippen LogP contribution in [0.4, 0.5) is 23.2 Å². The summed E-state index contributed by atoms with van der Waals surface area (Å²) in [6.45, 7) is 0. The maximum atomic E-state index is 14.6. The fourth-order valence-electron chi connectivity index (χ4n) is 2.54. The first-order chi connectivity index (χ1) is 11.5. The van der Waals surface area contributed by atoms with E-state index in [1.165, 1.54) is 12.4 Å². The van der Waals surface area contributed by atoms with Crippen molar-refractivity contribution in [1.29, 1.82) is 0 Å². The van der Waals surface area contributed by atoms with Gasteiger partial charge in [-0.2, -0.15) is 9.37 Å². The Hall–Kier alpha value is -2.77. The zero-order valence-electron chi connectivity index (χ0n) is 12.2. The zero-order chi connectivity index (χ0) is 16.8. The molecule has 2 heterocycles. The number of benzene rings is 1. The monoisotopic (exact) mass is 334 g/mol. The van der Waals surface area contributed by atoms with Crippen LogP contribution in [0.3, 0.4) is 0 Å². The van der Waals surface area contributed by atoms with Gasteiger partial charge in [-0.05, 0) is 12.8 Å². The van der Waals surface area contributed by atoms with Crippen molar-refractivity contribution >= 4 is 16.9 Å². The second-order valence-electron chi connectivity index (χ2n) is 5.54. The fourth-order valence-corrected chi connectivity index (χ4v) is 2.54. The van der Waals surface area contributed by atoms with E-state index in [-0.39, 0.29) is 22.9 Å². The average molecular weight is 334 g/mol. The molecule has 1 saturated carbocycles. The van der Waals surface area contributed by atoms with E-state index in [2.05, 4.69) is 20.3 Å². The SMILES string of the molecule is Fc1cc(F)c(-c2c(F)nc3nccnc3c2NC2CC2)c(F)c1. The van der Waals surface area contributed by atoms with E-state index in [0.717, 1.165) is 12.8 Å². The summed E-state index contributed by atoms with van der Waals surface area (Å²) in [6.07, 6.45) is 4.41. The molecule has 3 aromatic rings. The zero-order valence-corrected chi connectivity index (χ0v) is 12.2. The highest BCUT2D eigenvalue weighted by Crippen LogP contribution is 2.39. The van der Waals surface area contributed by atoms with Gasteiger partial charge in [0.05, 0.1) is 16.8 Å². The van der Waals surface area contributed by atoms with Gasteiger partial charge in [-0.25, -0.2) is 23.1 Å². The van der Waals surface area contributed by atoms with Crippen molar-refractivity contribution in [3.8, 4) is 11.1 Å². The second kappa shape index (κ2) is 5.40. The maximum Gasteiger partial charge on any atom is 0.225 e. The molecule has 1 aliphatic carbocycles. The van der Waals surface area contributed by atoms with Crippen molar-refractivity contribution in [3.63, 3.8) is 0 Å². The van der Waals surface area contributed by atoms with E-state index in [1.54, 1.807) is 0 Å². The lowest BCUT2D eigenvalue weighted by Gasteiger charge is -2.15. The standard InChI is InChI=1S/C16H10F4N4/c17-7-5-9(18)11(10(19)6-7)12-13(23-8-1-2-8)14-16(24-15(12)20)22-4-3-21-14/h3-6,8H,1-2H2,(H,22,23,24). The van der Waals surface area contributed by atoms with E-state index >= 15 is 0 Å². The summed E-state index contributed by atoms with van der Waals surface area (Å²) in [6, 6.07) is 1.06. The Kier molecular flexibility index (Phi) is 3.33. The number of hydrogen-bond acceptors (Lipinski definition) is 4. The number of nitrogens with zero attached hydrogens (tertiary/aromatic N) is 3. The highest BCUT2D eigenvalue weighted by Gasteiger charge is 2.29.